The van der Waals surface area contributed by atoms with E-state index < -0.39 is 34.3 Å². The Balaban J connectivity index is 1.52. The first-order valence-electron chi connectivity index (χ1n) is 13.4. The molecule has 43 heavy (non-hydrogen) atoms. The number of nitrogens with one attached hydrogen (secondary N) is 2. The second-order valence-corrected chi connectivity index (χ2v) is 10.8. The second kappa shape index (κ2) is 12.9. The molecule has 0 aliphatic heterocycles. The highest BCUT2D eigenvalue weighted by Crippen LogP contribution is 2.27. The quantitative estimate of drug-likeness (QED) is 0.260. The number of halogens is 2. The summed E-state index contributed by atoms with van der Waals surface area (Å²) in [4.78, 5) is 26.2. The van der Waals surface area contributed by atoms with Crippen molar-refractivity contribution >= 4 is 41.1 Å². The van der Waals surface area contributed by atoms with Gasteiger partial charge in [0, 0.05) is 12.6 Å². The van der Waals surface area contributed by atoms with E-state index in [1.807, 2.05) is 30.3 Å². The van der Waals surface area contributed by atoms with Crippen molar-refractivity contribution in [3.05, 3.63) is 100 Å². The monoisotopic (exact) mass is 580 g/mol. The first-order valence-corrected chi connectivity index (χ1v) is 13.4. The predicted molar refractivity (Wildman–Crippen MR) is 160 cm³/mol. The van der Waals surface area contributed by atoms with E-state index in [1.165, 1.54) is 10.6 Å². The Morgan fingerprint density at radius 1 is 0.977 bits per heavy atom. The van der Waals surface area contributed by atoms with Gasteiger partial charge in [-0.2, -0.15) is 9.61 Å². The fourth-order valence-electron chi connectivity index (χ4n) is 4.76. The number of amides is 2. The number of carbonyl (C=O) groups excluding carboxylic acids is 2. The van der Waals surface area contributed by atoms with Crippen LogP contribution in [-0.2, 0) is 18.0 Å². The lowest BCUT2D eigenvalue weighted by molar-refractivity contribution is 0.0929. The van der Waals surface area contributed by atoms with Gasteiger partial charge in [-0.15, -0.1) is 5.11 Å². The predicted octanol–water partition coefficient (Wildman–Crippen LogP) is 4.19. The Hall–Kier alpha value is -4.28. The highest BCUT2D eigenvalue weighted by Gasteiger charge is 2.33. The Labute approximate surface area is 252 Å². The smallest absolute Gasteiger partial charge is 0.407 e. The van der Waals surface area contributed by atoms with Crippen LogP contribution in [-0.4, -0.2) is 57.2 Å². The molecule has 1 unspecified atom stereocenters. The van der Waals surface area contributed by atoms with Crippen LogP contribution in [0.2, 0.25) is 5.11 Å². The Kier molecular flexibility index (Phi) is 9.52. The summed E-state index contributed by atoms with van der Waals surface area (Å²) in [5, 5.41) is 8.28. The van der Waals surface area contributed by atoms with Crippen molar-refractivity contribution in [3.8, 4) is 5.88 Å². The van der Waals surface area contributed by atoms with Gasteiger partial charge in [0.1, 0.15) is 24.8 Å². The minimum atomic E-state index is -1.67. The molecule has 0 bridgehead atoms. The molecule has 0 fully saturated rings. The number of nitrogens with zero attached hydrogens (tertiary/aromatic N) is 2. The number of hydrogen-bond donors (Lipinski definition) is 2. The van der Waals surface area contributed by atoms with E-state index in [9.17, 15) is 18.4 Å². The SMILES string of the molecule is [B]C([B])([B])CC(C)(CNC(=O)c1c(C)nn2c(OCc3c(F)cccc3F)cc(C)cc12)NC(=O)OCc1ccccc1. The van der Waals surface area contributed by atoms with E-state index in [0.717, 1.165) is 23.3 Å². The normalized spacial score (nSPS) is 12.9. The van der Waals surface area contributed by atoms with E-state index >= 15 is 0 Å². The summed E-state index contributed by atoms with van der Waals surface area (Å²) in [6.07, 6.45) is -0.862. The highest BCUT2D eigenvalue weighted by molar-refractivity contribution is 6.58. The van der Waals surface area contributed by atoms with Gasteiger partial charge in [-0.3, -0.25) is 4.79 Å². The number of rotatable bonds is 11. The van der Waals surface area contributed by atoms with Crippen LogP contribution >= 0.6 is 0 Å². The van der Waals surface area contributed by atoms with Crippen LogP contribution in [0.4, 0.5) is 13.6 Å². The molecular formula is C30H29B3F2N4O4. The average molecular weight is 580 g/mol. The third-order valence-electron chi connectivity index (χ3n) is 6.63. The van der Waals surface area contributed by atoms with Gasteiger partial charge in [0.2, 0.25) is 5.88 Å². The first-order chi connectivity index (χ1) is 20.2. The van der Waals surface area contributed by atoms with Crippen molar-refractivity contribution in [3.63, 3.8) is 0 Å². The number of ether oxygens (including phenoxy) is 2. The van der Waals surface area contributed by atoms with E-state index in [4.69, 9.17) is 33.0 Å². The van der Waals surface area contributed by atoms with Crippen LogP contribution < -0.4 is 15.4 Å². The number of fused-ring (bicyclic) bond motifs is 1. The number of aryl methyl sites for hydroxylation is 2. The summed E-state index contributed by atoms with van der Waals surface area (Å²) in [6.45, 7) is 4.58. The zero-order valence-corrected chi connectivity index (χ0v) is 24.1. The van der Waals surface area contributed by atoms with Crippen molar-refractivity contribution in [1.29, 1.82) is 0 Å². The van der Waals surface area contributed by atoms with Gasteiger partial charge >= 0.3 is 6.09 Å². The summed E-state index contributed by atoms with van der Waals surface area (Å²) >= 11 is 0. The molecule has 2 N–H and O–H groups in total. The van der Waals surface area contributed by atoms with Crippen molar-refractivity contribution in [2.45, 2.75) is 51.1 Å². The van der Waals surface area contributed by atoms with Crippen molar-refractivity contribution in [1.82, 2.24) is 20.2 Å². The summed E-state index contributed by atoms with van der Waals surface area (Å²) in [7, 11) is 17.6. The van der Waals surface area contributed by atoms with Crippen molar-refractivity contribution < 1.29 is 27.8 Å². The van der Waals surface area contributed by atoms with E-state index in [0.29, 0.717) is 11.2 Å². The summed E-state index contributed by atoms with van der Waals surface area (Å²) in [5.74, 6) is -1.80. The number of benzene rings is 2. The van der Waals surface area contributed by atoms with Gasteiger partial charge in [-0.25, -0.2) is 13.6 Å². The number of pyridine rings is 1. The lowest BCUT2D eigenvalue weighted by Gasteiger charge is -2.37. The Morgan fingerprint density at radius 3 is 2.30 bits per heavy atom. The summed E-state index contributed by atoms with van der Waals surface area (Å²) < 4.78 is 40.8. The van der Waals surface area contributed by atoms with E-state index in [-0.39, 0.29) is 43.2 Å². The molecule has 8 nitrogen and oxygen atoms in total. The minimum absolute atomic E-state index is 0.0308. The average Bonchev–Trinajstić information content (AvgIpc) is 3.25. The van der Waals surface area contributed by atoms with Crippen LogP contribution in [0.3, 0.4) is 0 Å². The van der Waals surface area contributed by atoms with E-state index in [2.05, 4.69) is 15.7 Å². The lowest BCUT2D eigenvalue weighted by Crippen LogP contribution is -2.55. The molecule has 2 heterocycles. The first kappa shape index (κ1) is 31.7. The van der Waals surface area contributed by atoms with Gasteiger partial charge in [0.15, 0.2) is 0 Å². The molecule has 6 radical (unpaired) electrons. The molecule has 2 aromatic carbocycles. The van der Waals surface area contributed by atoms with Gasteiger partial charge in [0.05, 0.1) is 51.4 Å². The maximum atomic E-state index is 14.2. The van der Waals surface area contributed by atoms with Crippen LogP contribution in [0.1, 0.15) is 46.1 Å². The van der Waals surface area contributed by atoms with Gasteiger partial charge in [0.25, 0.3) is 5.91 Å². The fraction of sp³-hybridized carbons (Fsp3) is 0.300. The van der Waals surface area contributed by atoms with Crippen molar-refractivity contribution in [2.75, 3.05) is 6.54 Å². The zero-order chi connectivity index (χ0) is 31.4. The molecule has 216 valence electrons. The lowest BCUT2D eigenvalue weighted by atomic mass is 9.39. The maximum absolute atomic E-state index is 14.2. The largest absolute Gasteiger partial charge is 0.473 e. The number of aromatic nitrogens is 2. The van der Waals surface area contributed by atoms with Crippen molar-refractivity contribution in [2.24, 2.45) is 0 Å². The number of hydrogen-bond acceptors (Lipinski definition) is 5. The summed E-state index contributed by atoms with van der Waals surface area (Å²) in [6, 6.07) is 16.0. The van der Waals surface area contributed by atoms with E-state index in [1.54, 1.807) is 32.9 Å². The Bertz CT molecular complexity index is 1610. The van der Waals surface area contributed by atoms with Gasteiger partial charge < -0.3 is 20.1 Å². The van der Waals surface area contributed by atoms with Gasteiger partial charge in [-0.1, -0.05) is 36.4 Å². The molecule has 4 aromatic rings. The number of carbonyl (C=O) groups is 2. The van der Waals surface area contributed by atoms with Crippen LogP contribution in [0.5, 0.6) is 5.88 Å². The van der Waals surface area contributed by atoms with Gasteiger partial charge in [-0.05, 0) is 56.5 Å². The highest BCUT2D eigenvalue weighted by atomic mass is 19.1. The Morgan fingerprint density at radius 2 is 1.65 bits per heavy atom. The third kappa shape index (κ3) is 8.18. The zero-order valence-electron chi connectivity index (χ0n) is 24.1. The van der Waals surface area contributed by atoms with Crippen LogP contribution in [0, 0.1) is 25.5 Å². The van der Waals surface area contributed by atoms with Crippen LogP contribution in [0.15, 0.2) is 60.7 Å². The molecule has 0 saturated carbocycles. The molecule has 0 aliphatic carbocycles. The molecule has 0 aliphatic rings. The topological polar surface area (TPSA) is 94.0 Å². The second-order valence-electron chi connectivity index (χ2n) is 10.8. The molecular weight excluding hydrogens is 551 g/mol. The number of alkyl carbamates (subject to hydrolysis) is 1. The minimum Gasteiger partial charge on any atom is -0.473 e. The molecule has 4 rings (SSSR count). The molecule has 0 saturated heterocycles. The molecule has 2 amide bonds. The summed E-state index contributed by atoms with van der Waals surface area (Å²) in [5.41, 5.74) is 1.08. The third-order valence-corrected chi connectivity index (χ3v) is 6.63. The fourth-order valence-corrected chi connectivity index (χ4v) is 4.76. The van der Waals surface area contributed by atoms with Crippen LogP contribution in [0.25, 0.3) is 5.52 Å². The maximum Gasteiger partial charge on any atom is 0.407 e. The molecule has 2 aromatic heterocycles. The molecule has 0 spiro atoms. The molecule has 13 heteroatoms. The standard InChI is InChI=1S/C30H29B3F2N4O4/c1-18-12-24-26(19(2)38-39(24)25(13-18)42-15-21-22(34)10-7-11-23(21)35)27(40)36-17-29(3,16-30(31,32)33)37-28(41)43-14-20-8-5-4-6-9-20/h4-13H,14-17H2,1-3H3,(H,36,40)(H,37,41). The molecule has 1 atom stereocenters.